The Bertz CT molecular complexity index is 1260. The largest absolute Gasteiger partial charge is 0.268 e. The van der Waals surface area contributed by atoms with Gasteiger partial charge in [-0.3, -0.25) is 4.68 Å². The molecule has 33 heavy (non-hydrogen) atoms. The summed E-state index contributed by atoms with van der Waals surface area (Å²) >= 11 is 0. The van der Waals surface area contributed by atoms with Crippen LogP contribution in [-0.4, -0.2) is 18.2 Å². The van der Waals surface area contributed by atoms with E-state index in [0.29, 0.717) is 5.69 Å². The SMILES string of the molecule is O=S(=O)(NC(c1ccccc1)c1ccccc1)c1cn(C2CCCC2)nc1-c1ccccc1. The van der Waals surface area contributed by atoms with Crippen molar-refractivity contribution in [2.75, 3.05) is 0 Å². The highest BCUT2D eigenvalue weighted by Gasteiger charge is 2.30. The molecule has 168 valence electrons. The number of nitrogens with zero attached hydrogens (tertiary/aromatic N) is 2. The van der Waals surface area contributed by atoms with Crippen LogP contribution in [0.1, 0.15) is 48.9 Å². The molecule has 0 saturated heterocycles. The molecule has 1 aromatic heterocycles. The molecular weight excluding hydrogens is 430 g/mol. The molecule has 0 aliphatic heterocycles. The normalized spacial score (nSPS) is 14.7. The average molecular weight is 458 g/mol. The van der Waals surface area contributed by atoms with Crippen LogP contribution in [-0.2, 0) is 10.0 Å². The van der Waals surface area contributed by atoms with Crippen molar-refractivity contribution < 1.29 is 8.42 Å². The van der Waals surface area contributed by atoms with Crippen molar-refractivity contribution in [3.63, 3.8) is 0 Å². The lowest BCUT2D eigenvalue weighted by molar-refractivity contribution is 0.467. The van der Waals surface area contributed by atoms with Crippen molar-refractivity contribution >= 4 is 10.0 Å². The van der Waals surface area contributed by atoms with E-state index in [9.17, 15) is 8.42 Å². The molecule has 5 rings (SSSR count). The number of benzene rings is 3. The van der Waals surface area contributed by atoms with Crippen molar-refractivity contribution in [3.8, 4) is 11.3 Å². The summed E-state index contributed by atoms with van der Waals surface area (Å²) in [6, 6.07) is 28.6. The van der Waals surface area contributed by atoms with Gasteiger partial charge in [0.1, 0.15) is 10.6 Å². The minimum Gasteiger partial charge on any atom is -0.268 e. The van der Waals surface area contributed by atoms with Gasteiger partial charge in [-0.25, -0.2) is 8.42 Å². The minimum atomic E-state index is -3.88. The fourth-order valence-corrected chi connectivity index (χ4v) is 5.93. The highest BCUT2D eigenvalue weighted by molar-refractivity contribution is 7.89. The molecule has 5 nitrogen and oxygen atoms in total. The lowest BCUT2D eigenvalue weighted by Gasteiger charge is -2.20. The molecule has 0 amide bonds. The quantitative estimate of drug-likeness (QED) is 0.385. The first-order valence-electron chi connectivity index (χ1n) is 11.4. The van der Waals surface area contributed by atoms with Crippen molar-refractivity contribution in [2.45, 2.75) is 42.7 Å². The van der Waals surface area contributed by atoms with E-state index in [1.54, 1.807) is 6.20 Å². The Morgan fingerprint density at radius 3 is 1.85 bits per heavy atom. The molecule has 0 unspecified atom stereocenters. The second-order valence-electron chi connectivity index (χ2n) is 8.50. The molecule has 1 aliphatic carbocycles. The molecule has 1 heterocycles. The Labute approximate surface area is 195 Å². The third-order valence-electron chi connectivity index (χ3n) is 6.27. The molecule has 1 N–H and O–H groups in total. The van der Waals surface area contributed by atoms with Crippen LogP contribution in [0.3, 0.4) is 0 Å². The lowest BCUT2D eigenvalue weighted by atomic mass is 10.00. The van der Waals surface area contributed by atoms with Crippen LogP contribution in [0.4, 0.5) is 0 Å². The predicted molar refractivity (Wildman–Crippen MR) is 130 cm³/mol. The second kappa shape index (κ2) is 9.33. The number of rotatable bonds is 7. The van der Waals surface area contributed by atoms with Crippen LogP contribution >= 0.6 is 0 Å². The first-order valence-corrected chi connectivity index (χ1v) is 12.9. The van der Waals surface area contributed by atoms with Crippen molar-refractivity contribution in [3.05, 3.63) is 108 Å². The molecular formula is C27H27N3O2S. The summed E-state index contributed by atoms with van der Waals surface area (Å²) in [5.41, 5.74) is 3.06. The summed E-state index contributed by atoms with van der Waals surface area (Å²) in [5, 5.41) is 4.78. The van der Waals surface area contributed by atoms with Gasteiger partial charge in [-0.2, -0.15) is 9.82 Å². The zero-order valence-electron chi connectivity index (χ0n) is 18.3. The first kappa shape index (κ1) is 21.6. The van der Waals surface area contributed by atoms with Gasteiger partial charge in [0.15, 0.2) is 0 Å². The molecule has 1 saturated carbocycles. The zero-order chi connectivity index (χ0) is 22.7. The Kier molecular flexibility index (Phi) is 6.11. The molecule has 0 spiro atoms. The van der Waals surface area contributed by atoms with Gasteiger partial charge in [0.05, 0.1) is 12.1 Å². The van der Waals surface area contributed by atoms with Crippen LogP contribution < -0.4 is 4.72 Å². The van der Waals surface area contributed by atoms with Crippen LogP contribution in [0.25, 0.3) is 11.3 Å². The van der Waals surface area contributed by atoms with Crippen LogP contribution in [0, 0.1) is 0 Å². The van der Waals surface area contributed by atoms with Gasteiger partial charge in [-0.05, 0) is 24.0 Å². The number of sulfonamides is 1. The molecule has 3 aromatic carbocycles. The van der Waals surface area contributed by atoms with E-state index >= 15 is 0 Å². The van der Waals surface area contributed by atoms with Crippen molar-refractivity contribution in [2.24, 2.45) is 0 Å². The fraction of sp³-hybridized carbons (Fsp3) is 0.222. The molecule has 1 aliphatic rings. The number of aromatic nitrogens is 2. The van der Waals surface area contributed by atoms with Crippen molar-refractivity contribution in [1.29, 1.82) is 0 Å². The van der Waals surface area contributed by atoms with E-state index in [0.717, 1.165) is 42.4 Å². The predicted octanol–water partition coefficient (Wildman–Crippen LogP) is 5.73. The van der Waals surface area contributed by atoms with Crippen LogP contribution in [0.5, 0.6) is 0 Å². The zero-order valence-corrected chi connectivity index (χ0v) is 19.2. The molecule has 4 aromatic rings. The van der Waals surface area contributed by atoms with E-state index < -0.39 is 16.1 Å². The summed E-state index contributed by atoms with van der Waals surface area (Å²) < 4.78 is 32.5. The highest BCUT2D eigenvalue weighted by Crippen LogP contribution is 2.34. The molecule has 6 heteroatoms. The maximum Gasteiger partial charge on any atom is 0.245 e. The summed E-state index contributed by atoms with van der Waals surface area (Å²) in [5.74, 6) is 0. The molecule has 0 bridgehead atoms. The molecule has 0 radical (unpaired) electrons. The minimum absolute atomic E-state index is 0.220. The average Bonchev–Trinajstić information content (AvgIpc) is 3.55. The van der Waals surface area contributed by atoms with Crippen molar-refractivity contribution in [1.82, 2.24) is 14.5 Å². The van der Waals surface area contributed by atoms with Gasteiger partial charge in [0.2, 0.25) is 10.0 Å². The van der Waals surface area contributed by atoms with Crippen LogP contribution in [0.2, 0.25) is 0 Å². The first-order chi connectivity index (χ1) is 16.1. The Balaban J connectivity index is 1.58. The van der Waals surface area contributed by atoms with Gasteiger partial charge in [-0.1, -0.05) is 104 Å². The van der Waals surface area contributed by atoms with E-state index in [1.807, 2.05) is 95.7 Å². The Morgan fingerprint density at radius 2 is 1.30 bits per heavy atom. The van der Waals surface area contributed by atoms with Crippen LogP contribution in [0.15, 0.2) is 102 Å². The third-order valence-corrected chi connectivity index (χ3v) is 7.70. The summed E-state index contributed by atoms with van der Waals surface area (Å²) in [7, 11) is -3.88. The number of hydrogen-bond acceptors (Lipinski definition) is 3. The van der Waals surface area contributed by atoms with Gasteiger partial charge in [0, 0.05) is 11.8 Å². The summed E-state index contributed by atoms with van der Waals surface area (Å²) in [6.45, 7) is 0. The lowest BCUT2D eigenvalue weighted by Crippen LogP contribution is -2.29. The fourth-order valence-electron chi connectivity index (χ4n) is 4.56. The topological polar surface area (TPSA) is 64.0 Å². The number of hydrogen-bond donors (Lipinski definition) is 1. The number of nitrogens with one attached hydrogen (secondary N) is 1. The molecule has 0 atom stereocenters. The monoisotopic (exact) mass is 457 g/mol. The van der Waals surface area contributed by atoms with E-state index in [2.05, 4.69) is 4.72 Å². The summed E-state index contributed by atoms with van der Waals surface area (Å²) in [6.07, 6.45) is 6.07. The smallest absolute Gasteiger partial charge is 0.245 e. The maximum absolute atomic E-state index is 13.8. The summed E-state index contributed by atoms with van der Waals surface area (Å²) in [4.78, 5) is 0.220. The van der Waals surface area contributed by atoms with E-state index in [-0.39, 0.29) is 10.9 Å². The van der Waals surface area contributed by atoms with Gasteiger partial charge in [-0.15, -0.1) is 0 Å². The second-order valence-corrected chi connectivity index (χ2v) is 10.2. The standard InChI is InChI=1S/C27H27N3O2S/c31-33(32,29-26(21-12-4-1-5-13-21)22-14-6-2-7-15-22)25-20-30(24-18-10-11-19-24)28-27(25)23-16-8-3-9-17-23/h1-9,12-17,20,24,26,29H,10-11,18-19H2. The van der Waals surface area contributed by atoms with Gasteiger partial charge in [0.25, 0.3) is 0 Å². The van der Waals surface area contributed by atoms with E-state index in [1.165, 1.54) is 0 Å². The van der Waals surface area contributed by atoms with Gasteiger partial charge < -0.3 is 0 Å². The Hall–Kier alpha value is -3.22. The third kappa shape index (κ3) is 4.63. The molecule has 1 fully saturated rings. The highest BCUT2D eigenvalue weighted by atomic mass is 32.2. The maximum atomic E-state index is 13.8. The van der Waals surface area contributed by atoms with E-state index in [4.69, 9.17) is 5.10 Å². The Morgan fingerprint density at radius 1 is 0.788 bits per heavy atom. The van der Waals surface area contributed by atoms with Gasteiger partial charge >= 0.3 is 0 Å².